The van der Waals surface area contributed by atoms with Crippen LogP contribution in [0.4, 0.5) is 11.4 Å². The quantitative estimate of drug-likeness (QED) is 0.101. The van der Waals surface area contributed by atoms with Gasteiger partial charge in [0.15, 0.2) is 0 Å². The maximum Gasteiger partial charge on any atom is 0.270 e. The molecule has 4 aromatic rings. The molecule has 0 saturated heterocycles. The summed E-state index contributed by atoms with van der Waals surface area (Å²) >= 11 is 0. The van der Waals surface area contributed by atoms with Crippen LogP contribution in [0.25, 0.3) is 0 Å². The maximum atomic E-state index is 11.5. The van der Waals surface area contributed by atoms with E-state index in [1.807, 2.05) is 71.9 Å². The van der Waals surface area contributed by atoms with Crippen LogP contribution >= 0.6 is 0 Å². The number of nitrogens with zero attached hydrogens (tertiary/aromatic N) is 4. The molecular formula is C40H45CrN4O8-. The van der Waals surface area contributed by atoms with Crippen LogP contribution < -0.4 is 9.84 Å². The van der Waals surface area contributed by atoms with E-state index in [1.165, 1.54) is 48.8 Å². The number of hydrogen-bond acceptors (Lipinski definition) is 10. The van der Waals surface area contributed by atoms with Crippen LogP contribution in [0.1, 0.15) is 89.5 Å². The first-order valence-corrected chi connectivity index (χ1v) is 17.0. The topological polar surface area (TPSA) is 184 Å². The Balaban J connectivity index is 0.000000420. The van der Waals surface area contributed by atoms with E-state index in [2.05, 4.69) is 9.98 Å². The molecule has 1 aliphatic carbocycles. The molecule has 1 saturated carbocycles. The van der Waals surface area contributed by atoms with Crippen LogP contribution in [0, 0.1) is 20.2 Å². The Labute approximate surface area is 320 Å². The summed E-state index contributed by atoms with van der Waals surface area (Å²) in [7, 11) is 0. The molecule has 12 nitrogen and oxygen atoms in total. The molecule has 1 fully saturated rings. The number of phenolic OH excluding ortho intramolecular Hbond substituents is 2. The van der Waals surface area contributed by atoms with Crippen LogP contribution in [0.3, 0.4) is 0 Å². The Morgan fingerprint density at radius 3 is 1.45 bits per heavy atom. The van der Waals surface area contributed by atoms with E-state index in [1.54, 1.807) is 12.1 Å². The summed E-state index contributed by atoms with van der Waals surface area (Å²) in [6.07, 6.45) is 6.26. The summed E-state index contributed by atoms with van der Waals surface area (Å²) in [5, 5.41) is 55.5. The Morgan fingerprint density at radius 1 is 0.679 bits per heavy atom. The van der Waals surface area contributed by atoms with Crippen LogP contribution in [0.15, 0.2) is 88.8 Å². The number of benzene rings is 4. The molecule has 0 amide bonds. The molecular weight excluding hydrogens is 716 g/mol. The summed E-state index contributed by atoms with van der Waals surface area (Å²) in [4.78, 5) is 31.3. The second kappa shape index (κ2) is 18.0. The number of non-ortho nitro benzene ring substituents is 2. The molecule has 2 unspecified atom stereocenters. The van der Waals surface area contributed by atoms with E-state index < -0.39 is 20.7 Å². The van der Waals surface area contributed by atoms with E-state index in [9.17, 15) is 35.5 Å². The molecule has 0 heterocycles. The number of hydrogen-bond donors (Lipinski definition) is 2. The van der Waals surface area contributed by atoms with Gasteiger partial charge in [-0.2, -0.15) is 0 Å². The molecule has 280 valence electrons. The smallest absolute Gasteiger partial charge is 0.270 e. The minimum absolute atomic E-state index is 0. The largest absolute Gasteiger partial charge is 0.872 e. The zero-order chi connectivity index (χ0) is 38.2. The number of rotatable bonds is 8. The van der Waals surface area contributed by atoms with Gasteiger partial charge >= 0.3 is 0 Å². The van der Waals surface area contributed by atoms with Crippen molar-refractivity contribution in [3.8, 4) is 28.7 Å². The van der Waals surface area contributed by atoms with Crippen molar-refractivity contribution in [3.05, 3.63) is 121 Å². The molecule has 4 aromatic carbocycles. The van der Waals surface area contributed by atoms with Crippen LogP contribution in [0.5, 0.6) is 28.7 Å². The maximum absolute atomic E-state index is 11.5. The number of aliphatic imine (C=N–C) groups is 2. The summed E-state index contributed by atoms with van der Waals surface area (Å²) in [6, 6.07) is 20.6. The first-order chi connectivity index (χ1) is 24.4. The van der Waals surface area contributed by atoms with Crippen molar-refractivity contribution in [2.45, 2.75) is 90.1 Å². The van der Waals surface area contributed by atoms with Crippen molar-refractivity contribution in [1.82, 2.24) is 0 Å². The SMILES string of the molecule is CC(C)(C)c1cc([N+](=O)[O-])cc(C=NC2CCCCC2N=Cc2cc([N+](=O)[O-])cc(C(C)(C)C)c2O)c1O.[Cr].[O-]c1ccc(Oc2ccccc2)cc1. The Morgan fingerprint density at radius 2 is 1.08 bits per heavy atom. The van der Waals surface area contributed by atoms with Crippen molar-refractivity contribution in [2.24, 2.45) is 9.98 Å². The zero-order valence-electron chi connectivity index (χ0n) is 30.7. The number of para-hydroxylation sites is 1. The number of phenols is 2. The molecule has 0 aliphatic heterocycles. The monoisotopic (exact) mass is 761 g/mol. The van der Waals surface area contributed by atoms with Gasteiger partial charge < -0.3 is 20.1 Å². The van der Waals surface area contributed by atoms with Crippen molar-refractivity contribution in [3.63, 3.8) is 0 Å². The van der Waals surface area contributed by atoms with E-state index in [0.717, 1.165) is 31.4 Å². The molecule has 0 aromatic heterocycles. The van der Waals surface area contributed by atoms with Crippen LogP contribution in [-0.4, -0.2) is 44.6 Å². The predicted molar refractivity (Wildman–Crippen MR) is 201 cm³/mol. The van der Waals surface area contributed by atoms with Crippen molar-refractivity contribution < 1.29 is 47.3 Å². The van der Waals surface area contributed by atoms with Gasteiger partial charge in [0.05, 0.1) is 21.9 Å². The van der Waals surface area contributed by atoms with E-state index in [4.69, 9.17) is 4.74 Å². The fourth-order valence-corrected chi connectivity index (χ4v) is 5.76. The first kappa shape index (κ1) is 42.2. The average molecular weight is 762 g/mol. The fourth-order valence-electron chi connectivity index (χ4n) is 5.76. The zero-order valence-corrected chi connectivity index (χ0v) is 32.0. The molecule has 13 heteroatoms. The fraction of sp³-hybridized carbons (Fsp3) is 0.350. The predicted octanol–water partition coefficient (Wildman–Crippen LogP) is 8.91. The standard InChI is InChI=1S/C28H36N4O6.C12H10O2.Cr/c1-27(2,3)21-13-19(31(35)36)11-17(25(21)33)15-29-23-9-7-8-10-24(23)30-16-18-12-20(32(37)38)14-22(26(18)34)28(4,5)6;13-10-6-8-12(9-7-10)14-11-4-2-1-3-5-11;/h11-16,23-24,33-34H,7-10H2,1-6H3;1-9,13H;/p-1. The Kier molecular flexibility index (Phi) is 14.3. The van der Waals surface area contributed by atoms with Crippen LogP contribution in [-0.2, 0) is 28.2 Å². The van der Waals surface area contributed by atoms with Gasteiger partial charge in [-0.25, -0.2) is 0 Å². The second-order valence-electron chi connectivity index (χ2n) is 14.7. The summed E-state index contributed by atoms with van der Waals surface area (Å²) in [5.74, 6) is 1.35. The molecule has 53 heavy (non-hydrogen) atoms. The number of ether oxygens (including phenoxy) is 1. The third-order valence-electron chi connectivity index (χ3n) is 8.59. The number of aromatic hydroxyl groups is 2. The van der Waals surface area contributed by atoms with E-state index >= 15 is 0 Å². The molecule has 0 radical (unpaired) electrons. The van der Waals surface area contributed by atoms with Gasteiger partial charge in [0.25, 0.3) is 11.4 Å². The molecule has 2 N–H and O–H groups in total. The van der Waals surface area contributed by atoms with Gasteiger partial charge in [0, 0.05) is 76.3 Å². The first-order valence-electron chi connectivity index (χ1n) is 17.0. The van der Waals surface area contributed by atoms with Gasteiger partial charge in [-0.1, -0.05) is 84.7 Å². The number of nitro groups is 2. The van der Waals surface area contributed by atoms with Gasteiger partial charge in [0.2, 0.25) is 0 Å². The Hall–Kier alpha value is -5.25. The minimum atomic E-state index is -0.511. The van der Waals surface area contributed by atoms with Gasteiger partial charge in [-0.15, -0.1) is 5.75 Å². The van der Waals surface area contributed by atoms with Crippen LogP contribution in [0.2, 0.25) is 0 Å². The van der Waals surface area contributed by atoms with Gasteiger partial charge in [-0.3, -0.25) is 30.2 Å². The van der Waals surface area contributed by atoms with Gasteiger partial charge in [-0.05, 0) is 47.9 Å². The van der Waals surface area contributed by atoms with Crippen molar-refractivity contribution in [1.29, 1.82) is 0 Å². The summed E-state index contributed by atoms with van der Waals surface area (Å²) in [5.41, 5.74) is 0.188. The van der Waals surface area contributed by atoms with E-state index in [0.29, 0.717) is 16.9 Å². The van der Waals surface area contributed by atoms with Gasteiger partial charge in [0.1, 0.15) is 23.0 Å². The molecule has 2 atom stereocenters. The molecule has 5 rings (SSSR count). The molecule has 0 spiro atoms. The third kappa shape index (κ3) is 11.6. The molecule has 0 bridgehead atoms. The van der Waals surface area contributed by atoms with Crippen molar-refractivity contribution in [2.75, 3.05) is 0 Å². The third-order valence-corrected chi connectivity index (χ3v) is 8.59. The van der Waals surface area contributed by atoms with Crippen molar-refractivity contribution >= 4 is 23.8 Å². The second-order valence-corrected chi connectivity index (χ2v) is 14.7. The van der Waals surface area contributed by atoms with E-state index in [-0.39, 0.29) is 69.2 Å². The average Bonchev–Trinajstić information content (AvgIpc) is 3.08. The minimum Gasteiger partial charge on any atom is -0.872 e. The summed E-state index contributed by atoms with van der Waals surface area (Å²) < 4.78 is 5.49. The number of nitro benzene ring substituents is 2. The molecule has 1 aliphatic rings. The normalized spacial score (nSPS) is 16.0. The Bertz CT molecular complexity index is 1840. The summed E-state index contributed by atoms with van der Waals surface area (Å²) in [6.45, 7) is 11.2.